The van der Waals surface area contributed by atoms with Crippen molar-refractivity contribution in [3.63, 3.8) is 0 Å². The Kier molecular flexibility index (Phi) is 6.16. The summed E-state index contributed by atoms with van der Waals surface area (Å²) in [6.45, 7) is 6.12. The van der Waals surface area contributed by atoms with Gasteiger partial charge in [-0.25, -0.2) is 0 Å². The second-order valence-corrected chi connectivity index (χ2v) is 4.95. The highest BCUT2D eigenvalue weighted by atomic mass is 16.5. The van der Waals surface area contributed by atoms with Gasteiger partial charge in [0.25, 0.3) is 0 Å². The number of ether oxygens (including phenoxy) is 1. The lowest BCUT2D eigenvalue weighted by Crippen LogP contribution is -2.41. The van der Waals surface area contributed by atoms with E-state index in [-0.39, 0.29) is 0 Å². The molecule has 18 heavy (non-hydrogen) atoms. The number of hydrogen-bond donors (Lipinski definition) is 1. The van der Waals surface area contributed by atoms with Crippen LogP contribution in [0.15, 0.2) is 24.3 Å². The van der Waals surface area contributed by atoms with Crippen molar-refractivity contribution < 1.29 is 4.74 Å². The molecule has 102 valence electrons. The van der Waals surface area contributed by atoms with Crippen LogP contribution < -0.4 is 10.5 Å². The largest absolute Gasteiger partial charge is 0.497 e. The molecule has 2 atom stereocenters. The summed E-state index contributed by atoms with van der Waals surface area (Å²) in [5, 5.41) is 0. The molecule has 1 aromatic carbocycles. The molecule has 0 spiro atoms. The van der Waals surface area contributed by atoms with Crippen LogP contribution in [0.25, 0.3) is 0 Å². The molecule has 0 heterocycles. The maximum Gasteiger partial charge on any atom is 0.118 e. The minimum absolute atomic E-state index is 0.442. The fourth-order valence-electron chi connectivity index (χ4n) is 2.25. The van der Waals surface area contributed by atoms with E-state index in [2.05, 4.69) is 37.9 Å². The molecular weight excluding hydrogens is 224 g/mol. The van der Waals surface area contributed by atoms with Gasteiger partial charge in [-0.15, -0.1) is 0 Å². The first kappa shape index (κ1) is 15.0. The van der Waals surface area contributed by atoms with Crippen molar-refractivity contribution in [1.82, 2.24) is 4.90 Å². The highest BCUT2D eigenvalue weighted by Gasteiger charge is 2.18. The average molecular weight is 250 g/mol. The zero-order chi connectivity index (χ0) is 13.5. The van der Waals surface area contributed by atoms with E-state index in [1.165, 1.54) is 5.56 Å². The summed E-state index contributed by atoms with van der Waals surface area (Å²) in [6, 6.07) is 8.67. The van der Waals surface area contributed by atoms with Gasteiger partial charge in [-0.3, -0.25) is 4.90 Å². The first-order valence-corrected chi connectivity index (χ1v) is 6.65. The van der Waals surface area contributed by atoms with E-state index in [0.29, 0.717) is 18.5 Å². The van der Waals surface area contributed by atoms with Crippen molar-refractivity contribution in [1.29, 1.82) is 0 Å². The van der Waals surface area contributed by atoms with Crippen LogP contribution in [0.3, 0.4) is 0 Å². The van der Waals surface area contributed by atoms with E-state index in [0.717, 1.165) is 18.7 Å². The third kappa shape index (κ3) is 4.00. The predicted molar refractivity (Wildman–Crippen MR) is 76.8 cm³/mol. The molecule has 3 heteroatoms. The molecule has 0 radical (unpaired) electrons. The number of hydrogen-bond acceptors (Lipinski definition) is 3. The Balaban J connectivity index is 2.64. The number of nitrogens with two attached hydrogens (primary N) is 1. The molecule has 0 aliphatic rings. The van der Waals surface area contributed by atoms with Gasteiger partial charge in [-0.2, -0.15) is 0 Å². The zero-order valence-corrected chi connectivity index (χ0v) is 12.0. The topological polar surface area (TPSA) is 38.5 Å². The quantitative estimate of drug-likeness (QED) is 0.808. The molecule has 0 saturated carbocycles. The van der Waals surface area contributed by atoms with Crippen molar-refractivity contribution in [2.45, 2.75) is 32.9 Å². The molecule has 2 unspecified atom stereocenters. The van der Waals surface area contributed by atoms with Crippen molar-refractivity contribution in [3.8, 4) is 5.75 Å². The van der Waals surface area contributed by atoms with E-state index in [9.17, 15) is 0 Å². The van der Waals surface area contributed by atoms with Gasteiger partial charge >= 0.3 is 0 Å². The van der Waals surface area contributed by atoms with Crippen LogP contribution in [0, 0.1) is 5.92 Å². The highest BCUT2D eigenvalue weighted by Crippen LogP contribution is 2.17. The smallest absolute Gasteiger partial charge is 0.118 e. The van der Waals surface area contributed by atoms with Gasteiger partial charge in [0.2, 0.25) is 0 Å². The maximum absolute atomic E-state index is 5.89. The Labute approximate surface area is 111 Å². The van der Waals surface area contributed by atoms with Crippen molar-refractivity contribution in [2.75, 3.05) is 20.7 Å². The summed E-state index contributed by atoms with van der Waals surface area (Å²) in [5.41, 5.74) is 7.18. The van der Waals surface area contributed by atoms with Crippen molar-refractivity contribution in [3.05, 3.63) is 29.8 Å². The Morgan fingerprint density at radius 3 is 2.33 bits per heavy atom. The van der Waals surface area contributed by atoms with Crippen LogP contribution in [-0.2, 0) is 6.54 Å². The fraction of sp³-hybridized carbons (Fsp3) is 0.600. The van der Waals surface area contributed by atoms with E-state index in [1.807, 2.05) is 12.1 Å². The van der Waals surface area contributed by atoms with Gasteiger partial charge in [-0.05, 0) is 30.7 Å². The van der Waals surface area contributed by atoms with Crippen LogP contribution in [0.4, 0.5) is 0 Å². The lowest BCUT2D eigenvalue weighted by molar-refractivity contribution is 0.178. The SMILES string of the molecule is CCC(C)C(CN)N(C)Cc1ccc(OC)cc1. The number of nitrogens with zero attached hydrogens (tertiary/aromatic N) is 1. The van der Waals surface area contributed by atoms with Gasteiger partial charge in [0.15, 0.2) is 0 Å². The maximum atomic E-state index is 5.89. The van der Waals surface area contributed by atoms with E-state index in [1.54, 1.807) is 7.11 Å². The summed E-state index contributed by atoms with van der Waals surface area (Å²) in [6.07, 6.45) is 1.16. The molecule has 0 bridgehead atoms. The number of likely N-dealkylation sites (N-methyl/N-ethyl adjacent to an activating group) is 1. The van der Waals surface area contributed by atoms with Crippen LogP contribution in [0.1, 0.15) is 25.8 Å². The van der Waals surface area contributed by atoms with E-state index < -0.39 is 0 Å². The Bertz CT molecular complexity index is 337. The molecule has 0 aliphatic carbocycles. The van der Waals surface area contributed by atoms with E-state index in [4.69, 9.17) is 10.5 Å². The number of rotatable bonds is 7. The lowest BCUT2D eigenvalue weighted by Gasteiger charge is -2.31. The average Bonchev–Trinajstić information content (AvgIpc) is 2.40. The van der Waals surface area contributed by atoms with Crippen molar-refractivity contribution in [2.24, 2.45) is 11.7 Å². The second-order valence-electron chi connectivity index (χ2n) is 4.95. The van der Waals surface area contributed by atoms with Crippen LogP contribution in [0.2, 0.25) is 0 Å². The van der Waals surface area contributed by atoms with Crippen molar-refractivity contribution >= 4 is 0 Å². The third-order valence-corrected chi connectivity index (χ3v) is 3.70. The molecular formula is C15H26N2O. The number of methoxy groups -OCH3 is 1. The normalized spacial score (nSPS) is 14.6. The molecule has 0 fully saturated rings. The van der Waals surface area contributed by atoms with Gasteiger partial charge in [0.05, 0.1) is 7.11 Å². The minimum Gasteiger partial charge on any atom is -0.497 e. The molecule has 3 nitrogen and oxygen atoms in total. The molecule has 0 amide bonds. The lowest BCUT2D eigenvalue weighted by atomic mass is 9.97. The fourth-order valence-corrected chi connectivity index (χ4v) is 2.25. The van der Waals surface area contributed by atoms with Crippen LogP contribution >= 0.6 is 0 Å². The van der Waals surface area contributed by atoms with E-state index >= 15 is 0 Å². The predicted octanol–water partition coefficient (Wildman–Crippen LogP) is 2.50. The highest BCUT2D eigenvalue weighted by molar-refractivity contribution is 5.27. The monoisotopic (exact) mass is 250 g/mol. The molecule has 0 aromatic heterocycles. The summed E-state index contributed by atoms with van der Waals surface area (Å²) in [4.78, 5) is 2.34. The third-order valence-electron chi connectivity index (χ3n) is 3.70. The van der Waals surface area contributed by atoms with Gasteiger partial charge in [0, 0.05) is 19.1 Å². The molecule has 1 rings (SSSR count). The first-order valence-electron chi connectivity index (χ1n) is 6.65. The first-order chi connectivity index (χ1) is 8.62. The Hall–Kier alpha value is -1.06. The standard InChI is InChI=1S/C15H26N2O/c1-5-12(2)15(10-16)17(3)11-13-6-8-14(18-4)9-7-13/h6-9,12,15H,5,10-11,16H2,1-4H3. The summed E-state index contributed by atoms with van der Waals surface area (Å²) < 4.78 is 5.16. The van der Waals surface area contributed by atoms with Crippen LogP contribution in [0.5, 0.6) is 5.75 Å². The van der Waals surface area contributed by atoms with Gasteiger partial charge < -0.3 is 10.5 Å². The number of benzene rings is 1. The zero-order valence-electron chi connectivity index (χ0n) is 12.0. The molecule has 2 N–H and O–H groups in total. The Morgan fingerprint density at radius 2 is 1.89 bits per heavy atom. The summed E-state index contributed by atoms with van der Waals surface area (Å²) >= 11 is 0. The molecule has 0 saturated heterocycles. The second kappa shape index (κ2) is 7.39. The molecule has 1 aromatic rings. The summed E-state index contributed by atoms with van der Waals surface area (Å²) in [7, 11) is 3.84. The van der Waals surface area contributed by atoms with Gasteiger partial charge in [0.1, 0.15) is 5.75 Å². The summed E-state index contributed by atoms with van der Waals surface area (Å²) in [5.74, 6) is 1.52. The minimum atomic E-state index is 0.442. The van der Waals surface area contributed by atoms with Crippen LogP contribution in [-0.4, -0.2) is 31.6 Å². The molecule has 0 aliphatic heterocycles. The Morgan fingerprint density at radius 1 is 1.28 bits per heavy atom. The van der Waals surface area contributed by atoms with Gasteiger partial charge in [-0.1, -0.05) is 32.4 Å².